The molecule has 1 saturated heterocycles. The Balaban J connectivity index is 1.69. The number of nitrogens with one attached hydrogen (secondary N) is 2. The van der Waals surface area contributed by atoms with Crippen molar-refractivity contribution < 1.29 is 9.34 Å². The third kappa shape index (κ3) is 2.57. The van der Waals surface area contributed by atoms with E-state index in [1.807, 2.05) is 0 Å². The number of nitrogens with zero attached hydrogens (tertiary/aromatic N) is 2. The molecule has 7 heteroatoms. The smallest absolute Gasteiger partial charge is 0.298 e. The summed E-state index contributed by atoms with van der Waals surface area (Å²) in [5.41, 5.74) is 0.691. The lowest BCUT2D eigenvalue weighted by molar-refractivity contribution is -0.383. The van der Waals surface area contributed by atoms with Gasteiger partial charge in [0.1, 0.15) is 0 Å². The van der Waals surface area contributed by atoms with Crippen molar-refractivity contribution in [2.24, 2.45) is 0 Å². The summed E-state index contributed by atoms with van der Waals surface area (Å²) in [7, 11) is 0. The number of benzene rings is 1. The van der Waals surface area contributed by atoms with Gasteiger partial charge in [0.15, 0.2) is 11.1 Å². The molecule has 1 fully saturated rings. The summed E-state index contributed by atoms with van der Waals surface area (Å²) in [5.74, 6) is 0. The number of hydrogen-bond donors (Lipinski definition) is 2. The number of nitro benzene ring substituents is 1. The fourth-order valence-electron chi connectivity index (χ4n) is 2.51. The molecule has 2 aromatic rings. The molecule has 1 aromatic heterocycles. The van der Waals surface area contributed by atoms with Gasteiger partial charge in [0.2, 0.25) is 0 Å². The molecule has 1 aliphatic heterocycles. The van der Waals surface area contributed by atoms with Crippen LogP contribution in [0.5, 0.6) is 0 Å². The SMILES string of the molecule is O=[N+]([O-])c1cccc2oc(NCC[C@H]3CCCN3)nc12. The predicted octanol–water partition coefficient (Wildman–Crippen LogP) is 2.29. The van der Waals surface area contributed by atoms with Gasteiger partial charge >= 0.3 is 0 Å². The molecule has 0 amide bonds. The first-order chi connectivity index (χ1) is 9.74. The first-order valence-electron chi connectivity index (χ1n) is 6.75. The van der Waals surface area contributed by atoms with E-state index in [0.29, 0.717) is 23.2 Å². The van der Waals surface area contributed by atoms with Crippen LogP contribution in [0, 0.1) is 10.1 Å². The van der Waals surface area contributed by atoms with Crippen molar-refractivity contribution in [3.8, 4) is 0 Å². The minimum Gasteiger partial charge on any atom is -0.423 e. The summed E-state index contributed by atoms with van der Waals surface area (Å²) in [4.78, 5) is 14.6. The zero-order valence-corrected chi connectivity index (χ0v) is 11.0. The highest BCUT2D eigenvalue weighted by Crippen LogP contribution is 2.27. The number of nitro groups is 1. The summed E-state index contributed by atoms with van der Waals surface area (Å²) >= 11 is 0. The fourth-order valence-corrected chi connectivity index (χ4v) is 2.51. The third-order valence-electron chi connectivity index (χ3n) is 3.53. The van der Waals surface area contributed by atoms with Crippen molar-refractivity contribution in [3.63, 3.8) is 0 Å². The standard InChI is InChI=1S/C13H16N4O3/c18-17(19)10-4-1-5-11-12(10)16-13(20-11)15-8-6-9-3-2-7-14-9/h1,4-5,9,14H,2-3,6-8H2,(H,15,16)/t9-/m1/s1. The van der Waals surface area contributed by atoms with E-state index >= 15 is 0 Å². The maximum Gasteiger partial charge on any atom is 0.298 e. The van der Waals surface area contributed by atoms with Crippen LogP contribution in [-0.2, 0) is 0 Å². The molecule has 7 nitrogen and oxygen atoms in total. The highest BCUT2D eigenvalue weighted by molar-refractivity contribution is 5.83. The summed E-state index contributed by atoms with van der Waals surface area (Å²) in [6, 6.07) is 5.59. The van der Waals surface area contributed by atoms with Crippen LogP contribution < -0.4 is 10.6 Å². The van der Waals surface area contributed by atoms with Gasteiger partial charge in [0.25, 0.3) is 11.7 Å². The van der Waals surface area contributed by atoms with E-state index in [-0.39, 0.29) is 5.69 Å². The van der Waals surface area contributed by atoms with Crippen molar-refractivity contribution in [3.05, 3.63) is 28.3 Å². The zero-order valence-electron chi connectivity index (χ0n) is 11.0. The first-order valence-corrected chi connectivity index (χ1v) is 6.75. The number of anilines is 1. The van der Waals surface area contributed by atoms with Gasteiger partial charge < -0.3 is 15.1 Å². The molecule has 1 aromatic carbocycles. The molecule has 106 valence electrons. The Morgan fingerprint density at radius 2 is 2.45 bits per heavy atom. The predicted molar refractivity (Wildman–Crippen MR) is 74.8 cm³/mol. The lowest BCUT2D eigenvalue weighted by atomic mass is 10.2. The van der Waals surface area contributed by atoms with E-state index in [1.54, 1.807) is 12.1 Å². The maximum absolute atomic E-state index is 10.9. The largest absolute Gasteiger partial charge is 0.423 e. The molecule has 0 radical (unpaired) electrons. The Hall–Kier alpha value is -2.15. The van der Waals surface area contributed by atoms with Crippen LogP contribution in [0.3, 0.4) is 0 Å². The molecule has 0 spiro atoms. The lowest BCUT2D eigenvalue weighted by Gasteiger charge is -2.09. The van der Waals surface area contributed by atoms with Crippen molar-refractivity contribution in [1.29, 1.82) is 0 Å². The molecule has 0 unspecified atom stereocenters. The first kappa shape index (κ1) is 12.9. The Morgan fingerprint density at radius 3 is 3.20 bits per heavy atom. The molecule has 3 rings (SSSR count). The second-order valence-electron chi connectivity index (χ2n) is 4.91. The number of aromatic nitrogens is 1. The quantitative estimate of drug-likeness (QED) is 0.643. The van der Waals surface area contributed by atoms with Gasteiger partial charge in [-0.3, -0.25) is 10.1 Å². The average Bonchev–Trinajstić information content (AvgIpc) is 3.06. The van der Waals surface area contributed by atoms with Gasteiger partial charge in [-0.1, -0.05) is 6.07 Å². The number of rotatable bonds is 5. The van der Waals surface area contributed by atoms with E-state index in [4.69, 9.17) is 4.42 Å². The van der Waals surface area contributed by atoms with Crippen LogP contribution in [-0.4, -0.2) is 29.0 Å². The van der Waals surface area contributed by atoms with E-state index in [0.717, 1.165) is 19.5 Å². The molecule has 2 N–H and O–H groups in total. The van der Waals surface area contributed by atoms with Gasteiger partial charge in [0, 0.05) is 18.7 Å². The molecule has 0 bridgehead atoms. The number of para-hydroxylation sites is 1. The highest BCUT2D eigenvalue weighted by Gasteiger charge is 2.18. The monoisotopic (exact) mass is 276 g/mol. The van der Waals surface area contributed by atoms with Crippen LogP contribution in [0.1, 0.15) is 19.3 Å². The summed E-state index contributed by atoms with van der Waals surface area (Å²) in [5, 5.41) is 17.4. The van der Waals surface area contributed by atoms with Gasteiger partial charge in [0.05, 0.1) is 4.92 Å². The van der Waals surface area contributed by atoms with Gasteiger partial charge in [-0.05, 0) is 31.9 Å². The van der Waals surface area contributed by atoms with Crippen LogP contribution in [0.25, 0.3) is 11.1 Å². The van der Waals surface area contributed by atoms with Crippen LogP contribution in [0.2, 0.25) is 0 Å². The van der Waals surface area contributed by atoms with Crippen molar-refractivity contribution in [1.82, 2.24) is 10.3 Å². The van der Waals surface area contributed by atoms with Gasteiger partial charge in [-0.25, -0.2) is 0 Å². The molecular weight excluding hydrogens is 260 g/mol. The van der Waals surface area contributed by atoms with Crippen molar-refractivity contribution in [2.75, 3.05) is 18.4 Å². The Morgan fingerprint density at radius 1 is 1.55 bits per heavy atom. The van der Waals surface area contributed by atoms with Crippen LogP contribution >= 0.6 is 0 Å². The number of fused-ring (bicyclic) bond motifs is 1. The topological polar surface area (TPSA) is 93.2 Å². The molecule has 20 heavy (non-hydrogen) atoms. The second kappa shape index (κ2) is 5.46. The van der Waals surface area contributed by atoms with Crippen LogP contribution in [0.4, 0.5) is 11.7 Å². The molecule has 0 saturated carbocycles. The lowest BCUT2D eigenvalue weighted by Crippen LogP contribution is -2.24. The third-order valence-corrected chi connectivity index (χ3v) is 3.53. The fraction of sp³-hybridized carbons (Fsp3) is 0.462. The summed E-state index contributed by atoms with van der Waals surface area (Å²) < 4.78 is 5.48. The van der Waals surface area contributed by atoms with Crippen LogP contribution in [0.15, 0.2) is 22.6 Å². The normalized spacial score (nSPS) is 18.5. The van der Waals surface area contributed by atoms with E-state index < -0.39 is 4.92 Å². The van der Waals surface area contributed by atoms with Gasteiger partial charge in [-0.15, -0.1) is 0 Å². The van der Waals surface area contributed by atoms with E-state index in [2.05, 4.69) is 15.6 Å². The van der Waals surface area contributed by atoms with E-state index in [1.165, 1.54) is 18.9 Å². The summed E-state index contributed by atoms with van der Waals surface area (Å²) in [6.07, 6.45) is 3.40. The van der Waals surface area contributed by atoms with Crippen molar-refractivity contribution >= 4 is 22.8 Å². The van der Waals surface area contributed by atoms with E-state index in [9.17, 15) is 10.1 Å². The Bertz CT molecular complexity index is 619. The average molecular weight is 276 g/mol. The molecular formula is C13H16N4O3. The Kier molecular flexibility index (Phi) is 3.51. The molecule has 0 aliphatic carbocycles. The number of non-ortho nitro benzene ring substituents is 1. The second-order valence-corrected chi connectivity index (χ2v) is 4.91. The summed E-state index contributed by atoms with van der Waals surface area (Å²) in [6.45, 7) is 1.82. The molecule has 1 atom stereocenters. The van der Waals surface area contributed by atoms with Gasteiger partial charge in [-0.2, -0.15) is 4.98 Å². The molecule has 1 aliphatic rings. The minimum absolute atomic E-state index is 0.0308. The van der Waals surface area contributed by atoms with Crippen molar-refractivity contribution in [2.45, 2.75) is 25.3 Å². The maximum atomic E-state index is 10.9. The number of oxazole rings is 1. The minimum atomic E-state index is -0.447. The highest BCUT2D eigenvalue weighted by atomic mass is 16.6. The Labute approximate surface area is 115 Å². The zero-order chi connectivity index (χ0) is 13.9. The number of hydrogen-bond acceptors (Lipinski definition) is 6. The molecule has 2 heterocycles.